The van der Waals surface area contributed by atoms with Crippen LogP contribution >= 0.6 is 11.6 Å². The van der Waals surface area contributed by atoms with Crippen LogP contribution in [0, 0.1) is 5.82 Å². The molecule has 0 aliphatic carbocycles. The van der Waals surface area contributed by atoms with Crippen molar-refractivity contribution in [2.24, 2.45) is 0 Å². The van der Waals surface area contributed by atoms with Gasteiger partial charge in [0.25, 0.3) is 5.91 Å². The topological polar surface area (TPSA) is 116 Å². The summed E-state index contributed by atoms with van der Waals surface area (Å²) < 4.78 is 33.5. The fourth-order valence-corrected chi connectivity index (χ4v) is 6.11. The Morgan fingerprint density at radius 3 is 2.20 bits per heavy atom. The van der Waals surface area contributed by atoms with Crippen LogP contribution in [-0.4, -0.2) is 55.9 Å². The average molecular weight is 714 g/mol. The normalized spacial score (nSPS) is 14.4. The van der Waals surface area contributed by atoms with Crippen molar-refractivity contribution in [3.63, 3.8) is 0 Å². The molecule has 1 aliphatic heterocycles. The van der Waals surface area contributed by atoms with Gasteiger partial charge in [-0.2, -0.15) is 10.00 Å². The van der Waals surface area contributed by atoms with E-state index in [2.05, 4.69) is 10.1 Å². The number of methoxy groups -OCH3 is 1. The van der Waals surface area contributed by atoms with Crippen molar-refractivity contribution in [3.05, 3.63) is 112 Å². The lowest BCUT2D eigenvalue weighted by molar-refractivity contribution is 0.0430. The van der Waals surface area contributed by atoms with Crippen molar-refractivity contribution in [2.75, 3.05) is 12.0 Å². The second-order valence-corrected chi connectivity index (χ2v) is 14.5. The molecule has 0 saturated carbocycles. The van der Waals surface area contributed by atoms with Gasteiger partial charge in [0, 0.05) is 40.0 Å². The molecule has 5 aromatic rings. The summed E-state index contributed by atoms with van der Waals surface area (Å²) in [6.07, 6.45) is 1.06. The number of hydrogen-bond donors (Lipinski definition) is 0. The largest absolute Gasteiger partial charge is 0.497 e. The van der Waals surface area contributed by atoms with Gasteiger partial charge in [0.05, 0.1) is 18.8 Å². The molecule has 1 aliphatic rings. The Hall–Kier alpha value is -5.49. The second-order valence-electron chi connectivity index (χ2n) is 14.1. The Bertz CT molecular complexity index is 2130. The maximum absolute atomic E-state index is 15.0. The molecule has 3 heterocycles. The van der Waals surface area contributed by atoms with Gasteiger partial charge in [0.1, 0.15) is 29.1 Å². The number of halogens is 2. The number of amides is 3. The van der Waals surface area contributed by atoms with Crippen molar-refractivity contribution in [1.29, 1.82) is 0 Å². The van der Waals surface area contributed by atoms with Gasteiger partial charge in [-0.3, -0.25) is 4.79 Å². The summed E-state index contributed by atoms with van der Waals surface area (Å²) in [6.45, 7) is 10.1. The Morgan fingerprint density at radius 2 is 1.57 bits per heavy atom. The third-order valence-electron chi connectivity index (χ3n) is 8.00. The highest BCUT2D eigenvalue weighted by atomic mass is 35.5. The van der Waals surface area contributed by atoms with E-state index < -0.39 is 41.2 Å². The van der Waals surface area contributed by atoms with Gasteiger partial charge >= 0.3 is 12.2 Å². The molecule has 1 unspecified atom stereocenters. The zero-order valence-corrected chi connectivity index (χ0v) is 30.0. The van der Waals surface area contributed by atoms with Crippen molar-refractivity contribution in [2.45, 2.75) is 65.3 Å². The number of carbonyl (C=O) groups is 3. The van der Waals surface area contributed by atoms with Gasteiger partial charge in [0.15, 0.2) is 5.65 Å². The minimum absolute atomic E-state index is 0.000552. The molecule has 0 saturated heterocycles. The summed E-state index contributed by atoms with van der Waals surface area (Å²) in [5, 5.41) is 4.42. The molecule has 3 aromatic carbocycles. The maximum atomic E-state index is 15.0. The number of aromatic nitrogens is 3. The predicted octanol–water partition coefficient (Wildman–Crippen LogP) is 8.62. The van der Waals surface area contributed by atoms with E-state index in [9.17, 15) is 14.4 Å². The molecular formula is C38H37ClFN5O6. The first-order valence-electron chi connectivity index (χ1n) is 16.2. The van der Waals surface area contributed by atoms with Crippen LogP contribution in [0.1, 0.15) is 74.6 Å². The van der Waals surface area contributed by atoms with Gasteiger partial charge in [-0.25, -0.2) is 23.5 Å². The van der Waals surface area contributed by atoms with Gasteiger partial charge in [-0.1, -0.05) is 23.7 Å². The number of nitrogens with zero attached hydrogens (tertiary/aromatic N) is 5. The third-order valence-corrected chi connectivity index (χ3v) is 8.34. The monoisotopic (exact) mass is 713 g/mol. The molecule has 0 bridgehead atoms. The lowest BCUT2D eigenvalue weighted by Crippen LogP contribution is -2.44. The van der Waals surface area contributed by atoms with E-state index in [1.165, 1.54) is 29.4 Å². The van der Waals surface area contributed by atoms with Crippen LogP contribution in [0.3, 0.4) is 0 Å². The van der Waals surface area contributed by atoms with Crippen LogP contribution in [0.15, 0.2) is 79.3 Å². The fraction of sp³-hybridized carbons (Fsp3) is 0.289. The van der Waals surface area contributed by atoms with E-state index in [0.717, 1.165) is 10.5 Å². The van der Waals surface area contributed by atoms with Crippen LogP contribution in [0.5, 0.6) is 5.75 Å². The number of imide groups is 1. The first-order chi connectivity index (χ1) is 24.0. The van der Waals surface area contributed by atoms with Crippen molar-refractivity contribution < 1.29 is 33.0 Å². The average Bonchev–Trinajstić information content (AvgIpc) is 3.63. The lowest BCUT2D eigenvalue weighted by Gasteiger charge is -2.32. The first-order valence-corrected chi connectivity index (χ1v) is 16.5. The molecular weight excluding hydrogens is 677 g/mol. The summed E-state index contributed by atoms with van der Waals surface area (Å²) in [5.41, 5.74) is 1.03. The molecule has 0 spiro atoms. The van der Waals surface area contributed by atoms with Crippen molar-refractivity contribution >= 4 is 41.0 Å². The summed E-state index contributed by atoms with van der Waals surface area (Å²) in [7, 11) is 1.55. The van der Waals surface area contributed by atoms with E-state index >= 15 is 4.39 Å². The number of benzene rings is 3. The van der Waals surface area contributed by atoms with E-state index in [4.69, 9.17) is 25.8 Å². The molecule has 0 fully saturated rings. The summed E-state index contributed by atoms with van der Waals surface area (Å²) in [4.78, 5) is 49.5. The van der Waals surface area contributed by atoms with E-state index in [1.54, 1.807) is 95.8 Å². The number of anilines is 1. The molecule has 264 valence electrons. The Kier molecular flexibility index (Phi) is 9.24. The smallest absolute Gasteiger partial charge is 0.424 e. The maximum Gasteiger partial charge on any atom is 0.424 e. The van der Waals surface area contributed by atoms with Gasteiger partial charge in [-0.05, 0) is 107 Å². The van der Waals surface area contributed by atoms with Crippen LogP contribution in [0.4, 0.5) is 19.7 Å². The van der Waals surface area contributed by atoms with E-state index in [1.807, 2.05) is 12.1 Å². The number of ether oxygens (including phenoxy) is 3. The fourth-order valence-electron chi connectivity index (χ4n) is 5.89. The van der Waals surface area contributed by atoms with Crippen LogP contribution in [-0.2, 0) is 16.0 Å². The van der Waals surface area contributed by atoms with Crippen molar-refractivity contribution in [1.82, 2.24) is 19.5 Å². The lowest BCUT2D eigenvalue weighted by atomic mass is 9.92. The number of carbonyl (C=O) groups excluding carboxylic acids is 3. The zero-order valence-electron chi connectivity index (χ0n) is 29.2. The Morgan fingerprint density at radius 1 is 0.902 bits per heavy atom. The molecule has 0 radical (unpaired) electrons. The summed E-state index contributed by atoms with van der Waals surface area (Å²) >= 11 is 6.77. The minimum Gasteiger partial charge on any atom is -0.497 e. The highest BCUT2D eigenvalue weighted by molar-refractivity contribution is 6.31. The Labute approximate surface area is 299 Å². The summed E-state index contributed by atoms with van der Waals surface area (Å²) in [5.74, 6) is -0.402. The Balaban J connectivity index is 1.65. The van der Waals surface area contributed by atoms with E-state index in [0.29, 0.717) is 22.5 Å². The number of rotatable bonds is 6. The molecule has 1 atom stereocenters. The quantitative estimate of drug-likeness (QED) is 0.172. The van der Waals surface area contributed by atoms with Gasteiger partial charge < -0.3 is 19.1 Å². The number of fused-ring (bicyclic) bond motifs is 2. The number of pyridine rings is 1. The molecule has 13 heteroatoms. The van der Waals surface area contributed by atoms with Crippen LogP contribution in [0.25, 0.3) is 16.8 Å². The standard InChI is InChI=1S/C38H37ClFN5O6/c1-37(2,3)50-35(47)45(36(48)51-38(4,5)6)30-17-24(23-10-15-31-41-21-42-44(31)20-23)16-28-32(30)33(27-18-25(40)11-14-29(27)39)43(34(28)46)19-22-8-12-26(49-7)13-9-22/h8-18,20-21,33H,19H2,1-7H3. The molecule has 6 rings (SSSR count). The molecule has 0 N–H and O–H groups in total. The van der Waals surface area contributed by atoms with E-state index in [-0.39, 0.29) is 33.9 Å². The van der Waals surface area contributed by atoms with Gasteiger partial charge in [-0.15, -0.1) is 0 Å². The number of hydrogen-bond acceptors (Lipinski definition) is 8. The molecule has 3 amide bonds. The highest BCUT2D eigenvalue weighted by Gasteiger charge is 2.45. The van der Waals surface area contributed by atoms with Crippen LogP contribution in [0.2, 0.25) is 5.02 Å². The zero-order chi connectivity index (χ0) is 36.8. The van der Waals surface area contributed by atoms with Crippen molar-refractivity contribution in [3.8, 4) is 16.9 Å². The molecule has 11 nitrogen and oxygen atoms in total. The first kappa shape index (κ1) is 35.3. The minimum atomic E-state index is -1.05. The SMILES string of the molecule is COc1ccc(CN2C(=O)c3cc(-c4ccc5ncnn5c4)cc(N(C(=O)OC(C)(C)C)C(=O)OC(C)(C)C)c3C2c2cc(F)ccc2Cl)cc1. The second kappa shape index (κ2) is 13.3. The molecule has 2 aromatic heterocycles. The van der Waals surface area contributed by atoms with Crippen LogP contribution < -0.4 is 9.64 Å². The highest BCUT2D eigenvalue weighted by Crippen LogP contribution is 2.48. The third kappa shape index (κ3) is 7.36. The van der Waals surface area contributed by atoms with Gasteiger partial charge in [0.2, 0.25) is 0 Å². The summed E-state index contributed by atoms with van der Waals surface area (Å²) in [6, 6.07) is 16.8. The predicted molar refractivity (Wildman–Crippen MR) is 189 cm³/mol. The molecule has 51 heavy (non-hydrogen) atoms.